The van der Waals surface area contributed by atoms with Gasteiger partial charge in [0.1, 0.15) is 0 Å². The summed E-state index contributed by atoms with van der Waals surface area (Å²) in [7, 11) is -5.17. The molecule has 0 aliphatic carbocycles. The minimum absolute atomic E-state index is 0. The van der Waals surface area contributed by atoms with Crippen LogP contribution < -0.4 is 23.6 Å². The zero-order valence-corrected chi connectivity index (χ0v) is 9.77. The van der Waals surface area contributed by atoms with Gasteiger partial charge in [-0.15, -0.1) is 5.60 Å². The molecule has 0 atom stereocenters. The first kappa shape index (κ1) is 29.3. The third-order valence-electron chi connectivity index (χ3n) is 0. The van der Waals surface area contributed by atoms with Crippen molar-refractivity contribution in [3.8, 4) is 0 Å². The van der Waals surface area contributed by atoms with E-state index >= 15 is 0 Å². The van der Waals surface area contributed by atoms with Gasteiger partial charge in [-0.2, -0.15) is 0 Å². The lowest BCUT2D eigenvalue weighted by Crippen LogP contribution is -2.31. The van der Waals surface area contributed by atoms with Crippen molar-refractivity contribution in [3.05, 3.63) is 0 Å². The van der Waals surface area contributed by atoms with E-state index in [4.69, 9.17) is 17.5 Å². The Morgan fingerprint density at radius 3 is 0.923 bits per heavy atom. The predicted octanol–water partition coefficient (Wildman–Crippen LogP) is -0.0642. The van der Waals surface area contributed by atoms with Gasteiger partial charge in [0.2, 0.25) is 0 Å². The van der Waals surface area contributed by atoms with E-state index in [0.717, 1.165) is 0 Å². The van der Waals surface area contributed by atoms with Crippen LogP contribution in [0.15, 0.2) is 0 Å². The van der Waals surface area contributed by atoms with Crippen molar-refractivity contribution in [2.24, 2.45) is 0 Å². The lowest BCUT2D eigenvalue weighted by atomic mass is 10.2. The fourth-order valence-corrected chi connectivity index (χ4v) is 0. The second-order valence-electron chi connectivity index (χ2n) is 2.52. The van der Waals surface area contributed by atoms with Gasteiger partial charge in [-0.05, 0) is 0 Å². The molecule has 0 amide bonds. The molecule has 0 heterocycles. The summed E-state index contributed by atoms with van der Waals surface area (Å²) in [5, 5.41) is 10.1. The molecule has 0 unspecified atom stereocenters. The van der Waals surface area contributed by atoms with Gasteiger partial charge in [-0.3, -0.25) is 8.42 Å². The predicted molar refractivity (Wildman–Crippen MR) is 48.2 cm³/mol. The van der Waals surface area contributed by atoms with E-state index in [9.17, 15) is 5.11 Å². The highest BCUT2D eigenvalue weighted by Crippen LogP contribution is 1.87. The molecular formula is C4H21N3O5S. The molecule has 0 radical (unpaired) electrons. The van der Waals surface area contributed by atoms with E-state index < -0.39 is 16.0 Å². The Hall–Kier alpha value is -0.290. The summed E-state index contributed by atoms with van der Waals surface area (Å²) in [6, 6.07) is 0. The molecule has 0 aliphatic heterocycles. The van der Waals surface area contributed by atoms with Crippen LogP contribution in [0.4, 0.5) is 0 Å². The van der Waals surface area contributed by atoms with Crippen LogP contribution in [-0.4, -0.2) is 23.1 Å². The van der Waals surface area contributed by atoms with Crippen molar-refractivity contribution in [1.29, 1.82) is 0 Å². The van der Waals surface area contributed by atoms with Crippen LogP contribution in [0.25, 0.3) is 0 Å². The summed E-state index contributed by atoms with van der Waals surface area (Å²) in [6.07, 6.45) is 0. The molecule has 88 valence electrons. The second-order valence-corrected chi connectivity index (χ2v) is 3.34. The summed E-state index contributed by atoms with van der Waals surface area (Å²) in [5.74, 6) is 0. The van der Waals surface area contributed by atoms with Gasteiger partial charge < -0.3 is 32.7 Å². The molecule has 0 aromatic heterocycles. The molecule has 0 rings (SSSR count). The van der Waals surface area contributed by atoms with Gasteiger partial charge in [0.15, 0.2) is 0 Å². The fraction of sp³-hybridized carbons (Fsp3) is 1.00. The quantitative estimate of drug-likeness (QED) is 0.378. The summed E-state index contributed by atoms with van der Waals surface area (Å²) >= 11 is 0. The Morgan fingerprint density at radius 2 is 0.923 bits per heavy atom. The maximum Gasteiger partial charge on any atom is 0.0311 e. The number of rotatable bonds is 0. The van der Waals surface area contributed by atoms with Crippen LogP contribution in [-0.2, 0) is 10.4 Å². The zero-order valence-electron chi connectivity index (χ0n) is 8.95. The minimum Gasteiger partial charge on any atom is -0.850 e. The van der Waals surface area contributed by atoms with E-state index in [0.29, 0.717) is 0 Å². The molecule has 12 N–H and O–H groups in total. The van der Waals surface area contributed by atoms with Crippen LogP contribution in [0.1, 0.15) is 20.8 Å². The molecule has 0 bridgehead atoms. The van der Waals surface area contributed by atoms with Gasteiger partial charge >= 0.3 is 0 Å². The van der Waals surface area contributed by atoms with Gasteiger partial charge in [0.05, 0.1) is 0 Å². The largest absolute Gasteiger partial charge is 0.850 e. The Labute approximate surface area is 78.7 Å². The van der Waals surface area contributed by atoms with Gasteiger partial charge in [-0.1, -0.05) is 20.8 Å². The van der Waals surface area contributed by atoms with Crippen LogP contribution in [0, 0.1) is 0 Å². The van der Waals surface area contributed by atoms with Gasteiger partial charge in [-0.25, -0.2) is 0 Å². The van der Waals surface area contributed by atoms with Crippen molar-refractivity contribution >= 4 is 10.4 Å². The van der Waals surface area contributed by atoms with Crippen molar-refractivity contribution in [3.63, 3.8) is 0 Å². The standard InChI is InChI=1S/C4H9O.3H3N.H2O4S/c1-4(2,3)5;;;;1-5(2,3)4/h1-3H3;3*1H3;(H2,1,2,3,4)/q-1;;;;/p+1. The highest BCUT2D eigenvalue weighted by atomic mass is 32.3. The minimum atomic E-state index is -5.17. The number of hydrogen-bond donors (Lipinski definition) is 3. The van der Waals surface area contributed by atoms with Crippen molar-refractivity contribution in [1.82, 2.24) is 18.5 Å². The summed E-state index contributed by atoms with van der Waals surface area (Å²) in [6.45, 7) is 4.90. The first-order valence-electron chi connectivity index (χ1n) is 2.37. The molecule has 0 fully saturated rings. The van der Waals surface area contributed by atoms with Crippen molar-refractivity contribution in [2.45, 2.75) is 26.4 Å². The van der Waals surface area contributed by atoms with Gasteiger partial charge in [0, 0.05) is 10.4 Å². The van der Waals surface area contributed by atoms with E-state index in [2.05, 4.69) is 0 Å². The molecule has 0 saturated carbocycles. The summed E-state index contributed by atoms with van der Waals surface area (Å²) in [5.41, 5.74) is -0.750. The summed E-state index contributed by atoms with van der Waals surface area (Å²) in [4.78, 5) is 0. The third kappa shape index (κ3) is 13100. The Bertz CT molecular complexity index is 159. The SMILES string of the molecule is CC(C)(C)[O-].O=S(=O)([O-])[O-].[NH4+].[NH4+].[NH4+]. The van der Waals surface area contributed by atoms with E-state index in [1.54, 1.807) is 20.8 Å². The highest BCUT2D eigenvalue weighted by molar-refractivity contribution is 7.79. The van der Waals surface area contributed by atoms with Crippen molar-refractivity contribution in [2.75, 3.05) is 0 Å². The zero-order chi connectivity index (χ0) is 9.00. The second kappa shape index (κ2) is 9.80. The van der Waals surface area contributed by atoms with E-state index in [1.807, 2.05) is 0 Å². The van der Waals surface area contributed by atoms with Crippen molar-refractivity contribution < 1.29 is 22.6 Å². The molecular weight excluding hydrogens is 202 g/mol. The van der Waals surface area contributed by atoms with Gasteiger partial charge in [0.25, 0.3) is 0 Å². The van der Waals surface area contributed by atoms with Crippen LogP contribution in [0.3, 0.4) is 0 Å². The van der Waals surface area contributed by atoms with Crippen LogP contribution in [0.5, 0.6) is 0 Å². The Balaban J connectivity index is -0.0000000267. The monoisotopic (exact) mass is 223 g/mol. The fourth-order valence-electron chi connectivity index (χ4n) is 0. The maximum atomic E-state index is 10.1. The Morgan fingerprint density at radius 1 is 0.923 bits per heavy atom. The highest BCUT2D eigenvalue weighted by Gasteiger charge is 1.83. The first-order chi connectivity index (χ1) is 4.00. The topological polar surface area (TPSA) is 213 Å². The smallest absolute Gasteiger partial charge is 0.0311 e. The normalized spacial score (nSPS) is 9.08. The average molecular weight is 223 g/mol. The maximum absolute atomic E-state index is 10.1. The van der Waals surface area contributed by atoms with E-state index in [-0.39, 0.29) is 18.5 Å². The van der Waals surface area contributed by atoms with E-state index in [1.165, 1.54) is 0 Å². The summed E-state index contributed by atoms with van der Waals surface area (Å²) < 4.78 is 34.1. The number of hydrogen-bond acceptors (Lipinski definition) is 5. The molecule has 9 heteroatoms. The lowest BCUT2D eigenvalue weighted by molar-refractivity contribution is -0.458. The lowest BCUT2D eigenvalue weighted by Gasteiger charge is -2.23. The molecule has 8 nitrogen and oxygen atoms in total. The molecule has 0 aliphatic rings. The van der Waals surface area contributed by atoms with Crippen LogP contribution in [0.2, 0.25) is 0 Å². The Kier molecular flexibility index (Phi) is 22.1. The molecule has 0 aromatic carbocycles. The number of quaternary nitrogens is 3. The molecule has 13 heavy (non-hydrogen) atoms. The molecule has 0 saturated heterocycles. The van der Waals surface area contributed by atoms with Crippen LogP contribution >= 0.6 is 0 Å². The first-order valence-corrected chi connectivity index (χ1v) is 3.70. The molecule has 0 aromatic rings. The molecule has 0 spiro atoms. The third-order valence-corrected chi connectivity index (χ3v) is 0. The average Bonchev–Trinajstić information content (AvgIpc) is 1.12.